The Morgan fingerprint density at radius 2 is 0.844 bits per heavy atom. The molecule has 1 unspecified atom stereocenters. The van der Waals surface area contributed by atoms with E-state index in [1.54, 1.807) is 0 Å². The Balaban J connectivity index is 1.09. The smallest absolute Gasteiger partial charge is 0.159 e. The zero-order chi connectivity index (χ0) is 42.2. The molecule has 0 radical (unpaired) electrons. The normalized spacial score (nSPS) is 14.3. The van der Waals surface area contributed by atoms with Crippen molar-refractivity contribution >= 4 is 56.1 Å². The number of fused-ring (bicyclic) bond motifs is 13. The lowest BCUT2D eigenvalue weighted by atomic mass is 9.70. The highest BCUT2D eigenvalue weighted by atomic mass is 16.3. The molecule has 1 aromatic heterocycles. The summed E-state index contributed by atoms with van der Waals surface area (Å²) in [6, 6.07) is 88.2. The van der Waals surface area contributed by atoms with Gasteiger partial charge in [0.15, 0.2) is 5.58 Å². The van der Waals surface area contributed by atoms with E-state index in [0.717, 1.165) is 56.1 Å². The summed E-state index contributed by atoms with van der Waals surface area (Å²) in [5, 5.41) is 2.21. The number of anilines is 6. The number of rotatable bonds is 7. The Morgan fingerprint density at radius 1 is 0.312 bits per heavy atom. The second-order valence-corrected chi connectivity index (χ2v) is 16.7. The highest BCUT2D eigenvalue weighted by Crippen LogP contribution is 2.65. The molecule has 10 aromatic carbocycles. The van der Waals surface area contributed by atoms with E-state index in [-0.39, 0.29) is 0 Å². The average molecular weight is 817 g/mol. The standard InChI is InChI=1S/C61H40N2O/c1-4-20-41(21-5-1)45-26-12-16-34-55(45)63(43-24-8-3-9-25-43)56-35-19-33-53-59(56)50-29-11-15-32-52(50)61(53)51-31-14-10-27-46(51)47-39-38-44(40-54(47)61)62(42-22-6-2-7-23-42)57-36-18-30-49-48-28-13-17-37-58(48)64-60(49)57/h1-40H. The van der Waals surface area contributed by atoms with E-state index in [1.165, 1.54) is 55.6 Å². The molecular weight excluding hydrogens is 777 g/mol. The van der Waals surface area contributed by atoms with Crippen LogP contribution in [0.4, 0.5) is 34.1 Å². The van der Waals surface area contributed by atoms with Crippen LogP contribution in [0.5, 0.6) is 0 Å². The Bertz CT molecular complexity index is 3580. The average Bonchev–Trinajstić information content (AvgIpc) is 4.00. The first-order valence-electron chi connectivity index (χ1n) is 22.0. The summed E-state index contributed by atoms with van der Waals surface area (Å²) in [5.41, 5.74) is 20.1. The van der Waals surface area contributed by atoms with Gasteiger partial charge >= 0.3 is 0 Å². The number of nitrogens with zero attached hydrogens (tertiary/aromatic N) is 2. The minimum Gasteiger partial charge on any atom is -0.454 e. The molecule has 1 spiro atoms. The molecule has 0 saturated carbocycles. The fourth-order valence-corrected chi connectivity index (χ4v) is 10.9. The molecule has 2 aliphatic carbocycles. The third kappa shape index (κ3) is 5.22. The van der Waals surface area contributed by atoms with Gasteiger partial charge in [0, 0.05) is 39.0 Å². The van der Waals surface area contributed by atoms with Gasteiger partial charge in [0.05, 0.1) is 22.5 Å². The van der Waals surface area contributed by atoms with Gasteiger partial charge in [0.25, 0.3) is 0 Å². The van der Waals surface area contributed by atoms with Gasteiger partial charge in [-0.2, -0.15) is 0 Å². The molecule has 0 bridgehead atoms. The van der Waals surface area contributed by atoms with Crippen molar-refractivity contribution in [1.29, 1.82) is 0 Å². The molecule has 0 amide bonds. The van der Waals surface area contributed by atoms with Crippen molar-refractivity contribution < 1.29 is 4.42 Å². The predicted octanol–water partition coefficient (Wildman–Crippen LogP) is 16.5. The first-order valence-corrected chi connectivity index (χ1v) is 22.0. The molecule has 0 aliphatic heterocycles. The summed E-state index contributed by atoms with van der Waals surface area (Å²) in [6.07, 6.45) is 0. The van der Waals surface area contributed by atoms with E-state index in [1.807, 2.05) is 6.07 Å². The van der Waals surface area contributed by atoms with Crippen LogP contribution in [-0.2, 0) is 5.41 Å². The first-order chi connectivity index (χ1) is 31.8. The van der Waals surface area contributed by atoms with Crippen molar-refractivity contribution in [3.8, 4) is 33.4 Å². The number of furan rings is 1. The van der Waals surface area contributed by atoms with Gasteiger partial charge in [-0.25, -0.2) is 0 Å². The molecule has 2 aliphatic rings. The maximum atomic E-state index is 6.74. The van der Waals surface area contributed by atoms with Crippen molar-refractivity contribution in [2.24, 2.45) is 0 Å². The van der Waals surface area contributed by atoms with Crippen molar-refractivity contribution in [3.05, 3.63) is 265 Å². The van der Waals surface area contributed by atoms with Crippen LogP contribution in [0.1, 0.15) is 22.3 Å². The third-order valence-corrected chi connectivity index (χ3v) is 13.5. The van der Waals surface area contributed by atoms with Crippen LogP contribution in [0.15, 0.2) is 247 Å². The van der Waals surface area contributed by atoms with Crippen LogP contribution in [0.25, 0.3) is 55.3 Å². The molecule has 0 fully saturated rings. The van der Waals surface area contributed by atoms with E-state index in [0.29, 0.717) is 0 Å². The monoisotopic (exact) mass is 816 g/mol. The Kier molecular flexibility index (Phi) is 8.13. The minimum atomic E-state index is -0.598. The van der Waals surface area contributed by atoms with E-state index in [2.05, 4.69) is 246 Å². The summed E-state index contributed by atoms with van der Waals surface area (Å²) in [6.45, 7) is 0. The van der Waals surface area contributed by atoms with Gasteiger partial charge in [-0.3, -0.25) is 0 Å². The fraction of sp³-hybridized carbons (Fsp3) is 0.0164. The zero-order valence-corrected chi connectivity index (χ0v) is 34.9. The first kappa shape index (κ1) is 36.3. The van der Waals surface area contributed by atoms with Crippen LogP contribution in [0.3, 0.4) is 0 Å². The molecule has 3 heteroatoms. The topological polar surface area (TPSA) is 19.6 Å². The summed E-state index contributed by atoms with van der Waals surface area (Å²) >= 11 is 0. The van der Waals surface area contributed by atoms with Gasteiger partial charge in [-0.15, -0.1) is 0 Å². The lowest BCUT2D eigenvalue weighted by Gasteiger charge is -2.33. The third-order valence-electron chi connectivity index (χ3n) is 13.5. The van der Waals surface area contributed by atoms with Crippen molar-refractivity contribution in [2.45, 2.75) is 5.41 Å². The molecule has 3 nitrogen and oxygen atoms in total. The van der Waals surface area contributed by atoms with Crippen LogP contribution in [0, 0.1) is 0 Å². The molecular formula is C61H40N2O. The van der Waals surface area contributed by atoms with Crippen molar-refractivity contribution in [3.63, 3.8) is 0 Å². The van der Waals surface area contributed by atoms with E-state index in [4.69, 9.17) is 4.42 Å². The molecule has 300 valence electrons. The molecule has 0 N–H and O–H groups in total. The quantitative estimate of drug-likeness (QED) is 0.160. The van der Waals surface area contributed by atoms with Gasteiger partial charge in [0.2, 0.25) is 0 Å². The van der Waals surface area contributed by atoms with E-state index in [9.17, 15) is 0 Å². The molecule has 11 aromatic rings. The van der Waals surface area contributed by atoms with E-state index < -0.39 is 5.41 Å². The SMILES string of the molecule is c1ccc(-c2ccccc2N(c2ccccc2)c2cccc3c2-c2ccccc2C32c3ccccc3-c3ccc(N(c4ccccc4)c4cccc5c4oc4ccccc45)cc32)cc1. The summed E-state index contributed by atoms with van der Waals surface area (Å²) in [4.78, 5) is 4.85. The second-order valence-electron chi connectivity index (χ2n) is 16.7. The number of hydrogen-bond donors (Lipinski definition) is 0. The van der Waals surface area contributed by atoms with Gasteiger partial charge in [-0.1, -0.05) is 182 Å². The summed E-state index contributed by atoms with van der Waals surface area (Å²) in [7, 11) is 0. The van der Waals surface area contributed by atoms with Gasteiger partial charge in [0.1, 0.15) is 5.58 Å². The van der Waals surface area contributed by atoms with Crippen molar-refractivity contribution in [2.75, 3.05) is 9.80 Å². The van der Waals surface area contributed by atoms with Crippen molar-refractivity contribution in [1.82, 2.24) is 0 Å². The summed E-state index contributed by atoms with van der Waals surface area (Å²) < 4.78 is 6.74. The minimum absolute atomic E-state index is 0.598. The number of hydrogen-bond acceptors (Lipinski definition) is 3. The lowest BCUT2D eigenvalue weighted by Crippen LogP contribution is -2.26. The molecule has 1 atom stereocenters. The number of benzene rings is 10. The van der Waals surface area contributed by atoms with Gasteiger partial charge < -0.3 is 14.2 Å². The Hall–Kier alpha value is -8.40. The molecule has 64 heavy (non-hydrogen) atoms. The van der Waals surface area contributed by atoms with Crippen LogP contribution in [-0.4, -0.2) is 0 Å². The molecule has 13 rings (SSSR count). The highest BCUT2D eigenvalue weighted by molar-refractivity contribution is 6.10. The Morgan fingerprint density at radius 3 is 1.62 bits per heavy atom. The highest BCUT2D eigenvalue weighted by Gasteiger charge is 2.52. The second kappa shape index (κ2) is 14.3. The van der Waals surface area contributed by atoms with Crippen LogP contribution < -0.4 is 9.80 Å². The molecule has 1 heterocycles. The lowest BCUT2D eigenvalue weighted by molar-refractivity contribution is 0.669. The largest absolute Gasteiger partial charge is 0.454 e. The summed E-state index contributed by atoms with van der Waals surface area (Å²) in [5.74, 6) is 0. The number of para-hydroxylation sites is 5. The van der Waals surface area contributed by atoms with Gasteiger partial charge in [-0.05, 0) is 105 Å². The fourth-order valence-electron chi connectivity index (χ4n) is 10.9. The van der Waals surface area contributed by atoms with Crippen LogP contribution in [0.2, 0.25) is 0 Å². The van der Waals surface area contributed by atoms with Crippen LogP contribution >= 0.6 is 0 Å². The predicted molar refractivity (Wildman–Crippen MR) is 265 cm³/mol. The Labute approximate surface area is 372 Å². The zero-order valence-electron chi connectivity index (χ0n) is 34.9. The maximum absolute atomic E-state index is 6.74. The molecule has 0 saturated heterocycles. The maximum Gasteiger partial charge on any atom is 0.159 e. The van der Waals surface area contributed by atoms with E-state index >= 15 is 0 Å².